The van der Waals surface area contributed by atoms with E-state index >= 15 is 0 Å². The van der Waals surface area contributed by atoms with E-state index in [9.17, 15) is 4.79 Å². The van der Waals surface area contributed by atoms with Crippen molar-refractivity contribution in [3.05, 3.63) is 40.6 Å². The quantitative estimate of drug-likeness (QED) is 0.674. The van der Waals surface area contributed by atoms with Gasteiger partial charge in [0.1, 0.15) is 11.4 Å². The molecule has 0 saturated heterocycles. The highest BCUT2D eigenvalue weighted by atomic mass is 32.2. The molecule has 1 aromatic carbocycles. The number of carbonyl (C=O) groups excluding carboxylic acids is 1. The van der Waals surface area contributed by atoms with Gasteiger partial charge in [-0.05, 0) is 69.7 Å². The number of methoxy groups -OCH3 is 1. The Morgan fingerprint density at radius 3 is 2.61 bits per heavy atom. The molecule has 5 nitrogen and oxygen atoms in total. The lowest BCUT2D eigenvalue weighted by Gasteiger charge is -2.35. The molecule has 164 valence electrons. The van der Waals surface area contributed by atoms with Crippen molar-refractivity contribution in [2.75, 3.05) is 25.1 Å². The van der Waals surface area contributed by atoms with Crippen LogP contribution in [0.15, 0.2) is 18.2 Å². The number of allylic oxidation sites excluding steroid dienone is 1. The van der Waals surface area contributed by atoms with Crippen LogP contribution >= 0.6 is 11.8 Å². The number of fused-ring (bicyclic) bond motifs is 5. The summed E-state index contributed by atoms with van der Waals surface area (Å²) >= 11 is 1.91. The highest BCUT2D eigenvalue weighted by Crippen LogP contribution is 2.48. The molecule has 3 aliphatic heterocycles. The minimum atomic E-state index is -0.199. The Morgan fingerprint density at radius 1 is 1.13 bits per heavy atom. The maximum atomic E-state index is 13.9. The minimum absolute atomic E-state index is 0.168. The molecule has 31 heavy (non-hydrogen) atoms. The molecule has 0 saturated carbocycles. The van der Waals surface area contributed by atoms with Crippen LogP contribution in [0.5, 0.6) is 5.75 Å². The van der Waals surface area contributed by atoms with E-state index in [-0.39, 0.29) is 11.4 Å². The number of rotatable bonds is 2. The molecule has 0 unspecified atom stereocenters. The van der Waals surface area contributed by atoms with Crippen molar-refractivity contribution < 1.29 is 9.53 Å². The first-order chi connectivity index (χ1) is 14.8. The van der Waals surface area contributed by atoms with Crippen LogP contribution in [0, 0.1) is 0 Å². The fourth-order valence-corrected chi connectivity index (χ4v) is 6.33. The Kier molecular flexibility index (Phi) is 4.88. The van der Waals surface area contributed by atoms with Crippen LogP contribution in [0.1, 0.15) is 60.8 Å². The van der Waals surface area contributed by atoms with Crippen molar-refractivity contribution >= 4 is 28.3 Å². The molecule has 0 atom stereocenters. The normalized spacial score (nSPS) is 18.3. The number of hydrogen-bond donors (Lipinski definition) is 1. The summed E-state index contributed by atoms with van der Waals surface area (Å²) in [6.07, 6.45) is 6.22. The molecule has 2 aromatic rings. The molecule has 5 rings (SSSR count). The lowest BCUT2D eigenvalue weighted by molar-refractivity contribution is 0.0579. The monoisotopic (exact) mass is 437 g/mol. The number of ether oxygens (including phenoxy) is 1. The Bertz CT molecular complexity index is 1110. The number of nitrogens with zero attached hydrogens (tertiary/aromatic N) is 2. The first-order valence-electron chi connectivity index (χ1n) is 11.2. The summed E-state index contributed by atoms with van der Waals surface area (Å²) in [5.41, 5.74) is 13.8. The average Bonchev–Trinajstić information content (AvgIpc) is 3.31. The van der Waals surface area contributed by atoms with Gasteiger partial charge in [-0.15, -0.1) is 11.8 Å². The van der Waals surface area contributed by atoms with E-state index in [4.69, 9.17) is 10.5 Å². The number of carbonyl (C=O) groups is 1. The lowest BCUT2D eigenvalue weighted by Crippen LogP contribution is -2.46. The van der Waals surface area contributed by atoms with Crippen molar-refractivity contribution in [2.24, 2.45) is 0 Å². The van der Waals surface area contributed by atoms with Gasteiger partial charge >= 0.3 is 0 Å². The van der Waals surface area contributed by atoms with Gasteiger partial charge in [-0.3, -0.25) is 4.79 Å². The van der Waals surface area contributed by atoms with Crippen LogP contribution < -0.4 is 10.5 Å². The molecule has 0 spiro atoms. The molecule has 3 aliphatic rings. The number of benzene rings is 1. The third-order valence-corrected chi connectivity index (χ3v) is 7.82. The Labute approximate surface area is 188 Å². The molecule has 0 aliphatic carbocycles. The van der Waals surface area contributed by atoms with Gasteiger partial charge in [-0.1, -0.05) is 6.08 Å². The fraction of sp³-hybridized carbons (Fsp3) is 0.480. The zero-order valence-corrected chi connectivity index (χ0v) is 19.7. The molecule has 0 fully saturated rings. The maximum Gasteiger partial charge on any atom is 0.271 e. The molecular formula is C25H31N3O2S. The number of thioether (sulfide) groups is 1. The van der Waals surface area contributed by atoms with Gasteiger partial charge in [-0.2, -0.15) is 0 Å². The fourth-order valence-electron chi connectivity index (χ4n) is 5.28. The minimum Gasteiger partial charge on any atom is -0.495 e. The van der Waals surface area contributed by atoms with Crippen molar-refractivity contribution in [1.29, 1.82) is 0 Å². The number of hydrogen-bond acceptors (Lipinski definition) is 4. The Hall–Kier alpha value is -2.34. The second-order valence-electron chi connectivity index (χ2n) is 9.64. The van der Waals surface area contributed by atoms with Gasteiger partial charge in [0.15, 0.2) is 0 Å². The number of amides is 1. The smallest absolute Gasteiger partial charge is 0.271 e. The van der Waals surface area contributed by atoms with Crippen LogP contribution in [0.25, 0.3) is 16.2 Å². The third kappa shape index (κ3) is 3.18. The molecule has 4 heterocycles. The van der Waals surface area contributed by atoms with Gasteiger partial charge in [0.05, 0.1) is 18.5 Å². The predicted molar refractivity (Wildman–Crippen MR) is 129 cm³/mol. The second kappa shape index (κ2) is 7.37. The highest BCUT2D eigenvalue weighted by molar-refractivity contribution is 8.08. The number of nitrogens with two attached hydrogens (primary N) is 1. The van der Waals surface area contributed by atoms with Crippen molar-refractivity contribution in [2.45, 2.75) is 58.5 Å². The zero-order chi connectivity index (χ0) is 21.9. The van der Waals surface area contributed by atoms with Gasteiger partial charge in [-0.25, -0.2) is 0 Å². The summed E-state index contributed by atoms with van der Waals surface area (Å²) < 4.78 is 7.78. The third-order valence-electron chi connectivity index (χ3n) is 6.70. The second-order valence-corrected chi connectivity index (χ2v) is 10.8. The topological polar surface area (TPSA) is 60.5 Å². The van der Waals surface area contributed by atoms with E-state index in [1.807, 2.05) is 17.8 Å². The van der Waals surface area contributed by atoms with Crippen LogP contribution in [-0.2, 0) is 19.4 Å². The number of anilines is 1. The summed E-state index contributed by atoms with van der Waals surface area (Å²) in [7, 11) is 1.66. The largest absolute Gasteiger partial charge is 0.495 e. The predicted octanol–water partition coefficient (Wildman–Crippen LogP) is 4.97. The van der Waals surface area contributed by atoms with E-state index in [0.29, 0.717) is 5.69 Å². The molecule has 2 N–H and O–H groups in total. The van der Waals surface area contributed by atoms with Gasteiger partial charge in [0.25, 0.3) is 5.91 Å². The maximum absolute atomic E-state index is 13.9. The van der Waals surface area contributed by atoms with Crippen LogP contribution in [0.3, 0.4) is 0 Å². The summed E-state index contributed by atoms with van der Waals surface area (Å²) in [6.45, 7) is 8.01. The number of aryl methyl sites for hydroxylation is 1. The van der Waals surface area contributed by atoms with E-state index < -0.39 is 0 Å². The molecule has 6 heteroatoms. The van der Waals surface area contributed by atoms with E-state index in [0.717, 1.165) is 61.5 Å². The summed E-state index contributed by atoms with van der Waals surface area (Å²) in [6, 6.07) is 4.13. The molecule has 0 bridgehead atoms. The number of nitrogen functional groups attached to an aromatic ring is 1. The van der Waals surface area contributed by atoms with Gasteiger partial charge < -0.3 is 19.9 Å². The summed E-state index contributed by atoms with van der Waals surface area (Å²) in [5.74, 6) is 2.00. The van der Waals surface area contributed by atoms with E-state index in [1.54, 1.807) is 7.11 Å². The average molecular weight is 438 g/mol. The lowest BCUT2D eigenvalue weighted by atomic mass is 9.93. The van der Waals surface area contributed by atoms with E-state index in [1.165, 1.54) is 27.3 Å². The number of aromatic nitrogens is 1. The standard InChI is InChI=1S/C25H31N3O2S/c1-25(2,3)28-10-5-7-16-21(20-8-6-12-31-20)22-17-14-18(26)19(30-4)13-15(17)9-11-27(22)23(16)24(28)29/h8,13-14H,5-7,9-12,26H2,1-4H3. The van der Waals surface area contributed by atoms with Crippen molar-refractivity contribution in [3.63, 3.8) is 0 Å². The van der Waals surface area contributed by atoms with Crippen molar-refractivity contribution in [1.82, 2.24) is 9.47 Å². The van der Waals surface area contributed by atoms with E-state index in [2.05, 4.69) is 42.4 Å². The molecule has 0 radical (unpaired) electrons. The summed E-state index contributed by atoms with van der Waals surface area (Å²) in [4.78, 5) is 17.3. The zero-order valence-electron chi connectivity index (χ0n) is 18.9. The van der Waals surface area contributed by atoms with Gasteiger partial charge in [0, 0.05) is 40.4 Å². The van der Waals surface area contributed by atoms with Crippen LogP contribution in [0.2, 0.25) is 0 Å². The van der Waals surface area contributed by atoms with Crippen molar-refractivity contribution in [3.8, 4) is 17.0 Å². The van der Waals surface area contributed by atoms with Crippen LogP contribution in [-0.4, -0.2) is 40.3 Å². The Balaban J connectivity index is 1.79. The first-order valence-corrected chi connectivity index (χ1v) is 12.2. The Morgan fingerprint density at radius 2 is 1.94 bits per heavy atom. The molecule has 1 aromatic heterocycles. The molecular weight excluding hydrogens is 406 g/mol. The highest BCUT2D eigenvalue weighted by Gasteiger charge is 2.38. The van der Waals surface area contributed by atoms with Gasteiger partial charge in [0.2, 0.25) is 0 Å². The van der Waals surface area contributed by atoms with Crippen LogP contribution in [0.4, 0.5) is 5.69 Å². The first kappa shape index (κ1) is 20.6. The SMILES string of the molecule is COc1cc2c(cc1N)-c1c(C3=CCCS3)c3c(n1CC2)C(=O)N(C(C)(C)C)CCC3. The molecule has 1 amide bonds. The summed E-state index contributed by atoms with van der Waals surface area (Å²) in [5, 5.41) is 0.